The highest BCUT2D eigenvalue weighted by Gasteiger charge is 2.30. The van der Waals surface area contributed by atoms with Gasteiger partial charge in [-0.1, -0.05) is 24.3 Å². The van der Waals surface area contributed by atoms with Gasteiger partial charge in [0.25, 0.3) is 5.91 Å². The Hall–Kier alpha value is -2.82. The van der Waals surface area contributed by atoms with Crippen LogP contribution in [0.25, 0.3) is 11.1 Å². The summed E-state index contributed by atoms with van der Waals surface area (Å²) >= 11 is 0. The van der Waals surface area contributed by atoms with Crippen molar-refractivity contribution < 1.29 is 13.9 Å². The molecule has 5 nitrogen and oxygen atoms in total. The molecule has 146 valence electrons. The van der Waals surface area contributed by atoms with E-state index in [1.165, 1.54) is 0 Å². The standard InChI is InChI=1S/C23H26N2O3/c1-15-7-6-10-20(16(15)2)27-17(3)23(26)25-13-11-18(12-14-25)22-24-19-8-4-5-9-21(19)28-22/h4-10,17-18H,11-14H2,1-3H3/t17-/m0/s1. The second-order valence-corrected chi connectivity index (χ2v) is 7.58. The number of hydrogen-bond donors (Lipinski definition) is 0. The van der Waals surface area contributed by atoms with Gasteiger partial charge in [-0.05, 0) is 62.9 Å². The van der Waals surface area contributed by atoms with Gasteiger partial charge in [0.1, 0.15) is 11.3 Å². The number of hydrogen-bond acceptors (Lipinski definition) is 4. The molecule has 0 saturated carbocycles. The first-order valence-corrected chi connectivity index (χ1v) is 9.90. The van der Waals surface area contributed by atoms with E-state index in [1.807, 2.05) is 68.1 Å². The Morgan fingerprint density at radius 3 is 2.64 bits per heavy atom. The normalized spacial score (nSPS) is 16.3. The van der Waals surface area contributed by atoms with E-state index in [-0.39, 0.29) is 11.8 Å². The van der Waals surface area contributed by atoms with Crippen molar-refractivity contribution in [1.82, 2.24) is 9.88 Å². The molecule has 0 unspecified atom stereocenters. The summed E-state index contributed by atoms with van der Waals surface area (Å²) in [5.74, 6) is 1.86. The number of carbonyl (C=O) groups is 1. The average molecular weight is 378 g/mol. The first-order chi connectivity index (χ1) is 13.5. The summed E-state index contributed by atoms with van der Waals surface area (Å²) in [7, 11) is 0. The molecule has 1 aromatic heterocycles. The van der Waals surface area contributed by atoms with E-state index in [2.05, 4.69) is 4.98 Å². The molecule has 1 saturated heterocycles. The predicted octanol–water partition coefficient (Wildman–Crippen LogP) is 4.62. The number of rotatable bonds is 4. The van der Waals surface area contributed by atoms with Crippen LogP contribution in [0, 0.1) is 13.8 Å². The van der Waals surface area contributed by atoms with Gasteiger partial charge in [0.2, 0.25) is 0 Å². The van der Waals surface area contributed by atoms with Gasteiger partial charge in [-0.15, -0.1) is 0 Å². The van der Waals surface area contributed by atoms with Crippen molar-refractivity contribution in [1.29, 1.82) is 0 Å². The fourth-order valence-electron chi connectivity index (χ4n) is 3.76. The highest BCUT2D eigenvalue weighted by molar-refractivity contribution is 5.81. The van der Waals surface area contributed by atoms with E-state index in [4.69, 9.17) is 9.15 Å². The molecule has 0 spiro atoms. The molecule has 2 heterocycles. The molecule has 1 atom stereocenters. The summed E-state index contributed by atoms with van der Waals surface area (Å²) in [5.41, 5.74) is 3.96. The third-order valence-electron chi connectivity index (χ3n) is 5.67. The average Bonchev–Trinajstić information content (AvgIpc) is 3.15. The number of carbonyl (C=O) groups excluding carboxylic acids is 1. The second-order valence-electron chi connectivity index (χ2n) is 7.58. The summed E-state index contributed by atoms with van der Waals surface area (Å²) in [6.45, 7) is 7.29. The first-order valence-electron chi connectivity index (χ1n) is 9.90. The van der Waals surface area contributed by atoms with Crippen LogP contribution in [0.4, 0.5) is 0 Å². The fraction of sp³-hybridized carbons (Fsp3) is 0.391. The molecule has 4 rings (SSSR count). The maximum atomic E-state index is 12.8. The van der Waals surface area contributed by atoms with E-state index < -0.39 is 6.10 Å². The van der Waals surface area contributed by atoms with Crippen LogP contribution in [-0.4, -0.2) is 35.0 Å². The Bertz CT molecular complexity index is 953. The van der Waals surface area contributed by atoms with Crippen LogP contribution < -0.4 is 4.74 Å². The molecule has 1 fully saturated rings. The van der Waals surface area contributed by atoms with Crippen LogP contribution in [0.3, 0.4) is 0 Å². The Balaban J connectivity index is 1.37. The fourth-order valence-corrected chi connectivity index (χ4v) is 3.76. The van der Waals surface area contributed by atoms with Gasteiger partial charge in [0.15, 0.2) is 17.6 Å². The largest absolute Gasteiger partial charge is 0.481 e. The minimum atomic E-state index is -0.499. The molecule has 2 aromatic carbocycles. The molecule has 5 heteroatoms. The van der Waals surface area contributed by atoms with Crippen molar-refractivity contribution in [3.05, 3.63) is 59.5 Å². The van der Waals surface area contributed by atoms with Crippen molar-refractivity contribution >= 4 is 17.0 Å². The Morgan fingerprint density at radius 2 is 1.89 bits per heavy atom. The molecule has 28 heavy (non-hydrogen) atoms. The number of ether oxygens (including phenoxy) is 1. The van der Waals surface area contributed by atoms with Gasteiger partial charge in [-0.25, -0.2) is 4.98 Å². The number of fused-ring (bicyclic) bond motifs is 1. The van der Waals surface area contributed by atoms with Crippen molar-refractivity contribution in [2.45, 2.75) is 45.6 Å². The Labute approximate surface area is 165 Å². The summed E-state index contributed by atoms with van der Waals surface area (Å²) in [4.78, 5) is 19.4. The van der Waals surface area contributed by atoms with Crippen LogP contribution in [0.15, 0.2) is 46.9 Å². The van der Waals surface area contributed by atoms with Crippen LogP contribution in [-0.2, 0) is 4.79 Å². The van der Waals surface area contributed by atoms with Gasteiger partial charge in [0.05, 0.1) is 0 Å². The van der Waals surface area contributed by atoms with Gasteiger partial charge in [-0.2, -0.15) is 0 Å². The van der Waals surface area contributed by atoms with Crippen molar-refractivity contribution in [2.24, 2.45) is 0 Å². The van der Waals surface area contributed by atoms with E-state index in [1.54, 1.807) is 0 Å². The lowest BCUT2D eigenvalue weighted by molar-refractivity contribution is -0.139. The smallest absolute Gasteiger partial charge is 0.263 e. The molecule has 0 radical (unpaired) electrons. The van der Waals surface area contributed by atoms with Gasteiger partial charge < -0.3 is 14.1 Å². The number of para-hydroxylation sites is 2. The van der Waals surface area contributed by atoms with Crippen molar-refractivity contribution in [3.8, 4) is 5.75 Å². The van der Waals surface area contributed by atoms with Gasteiger partial charge in [-0.3, -0.25) is 4.79 Å². The number of amides is 1. The van der Waals surface area contributed by atoms with Gasteiger partial charge in [0, 0.05) is 19.0 Å². The minimum absolute atomic E-state index is 0.0388. The molecule has 0 N–H and O–H groups in total. The Morgan fingerprint density at radius 1 is 1.14 bits per heavy atom. The SMILES string of the molecule is Cc1cccc(O[C@@H](C)C(=O)N2CCC(c3nc4ccccc4o3)CC2)c1C. The second kappa shape index (κ2) is 7.66. The summed E-state index contributed by atoms with van der Waals surface area (Å²) < 4.78 is 11.9. The van der Waals surface area contributed by atoms with E-state index in [9.17, 15) is 4.79 Å². The first kappa shape index (κ1) is 18.5. The van der Waals surface area contributed by atoms with Crippen LogP contribution in [0.1, 0.15) is 42.7 Å². The molecule has 1 aliphatic rings. The summed E-state index contributed by atoms with van der Waals surface area (Å²) in [6, 6.07) is 13.8. The zero-order chi connectivity index (χ0) is 19.7. The molecule has 0 bridgehead atoms. The zero-order valence-corrected chi connectivity index (χ0v) is 16.6. The number of nitrogens with zero attached hydrogens (tertiary/aromatic N) is 2. The number of oxazole rings is 1. The molecule has 0 aliphatic carbocycles. The lowest BCUT2D eigenvalue weighted by Crippen LogP contribution is -2.44. The maximum absolute atomic E-state index is 12.8. The van der Waals surface area contributed by atoms with Crippen molar-refractivity contribution in [2.75, 3.05) is 13.1 Å². The lowest BCUT2D eigenvalue weighted by Gasteiger charge is -2.32. The van der Waals surface area contributed by atoms with Gasteiger partial charge >= 0.3 is 0 Å². The van der Waals surface area contributed by atoms with Crippen LogP contribution in [0.2, 0.25) is 0 Å². The maximum Gasteiger partial charge on any atom is 0.263 e. The topological polar surface area (TPSA) is 55.6 Å². The zero-order valence-electron chi connectivity index (χ0n) is 16.6. The third kappa shape index (κ3) is 3.61. The van der Waals surface area contributed by atoms with Crippen LogP contribution in [0.5, 0.6) is 5.75 Å². The van der Waals surface area contributed by atoms with E-state index in [0.29, 0.717) is 13.1 Å². The number of aryl methyl sites for hydroxylation is 1. The molecule has 3 aromatic rings. The lowest BCUT2D eigenvalue weighted by atomic mass is 9.96. The monoisotopic (exact) mass is 378 g/mol. The highest BCUT2D eigenvalue weighted by atomic mass is 16.5. The number of piperidine rings is 1. The third-order valence-corrected chi connectivity index (χ3v) is 5.67. The van der Waals surface area contributed by atoms with Crippen molar-refractivity contribution in [3.63, 3.8) is 0 Å². The number of likely N-dealkylation sites (tertiary alicyclic amines) is 1. The van der Waals surface area contributed by atoms with E-state index >= 15 is 0 Å². The number of benzene rings is 2. The predicted molar refractivity (Wildman–Crippen MR) is 109 cm³/mol. The molecule has 1 aliphatic heterocycles. The minimum Gasteiger partial charge on any atom is -0.481 e. The Kier molecular flexibility index (Phi) is 5.07. The quantitative estimate of drug-likeness (QED) is 0.665. The molecular formula is C23H26N2O3. The summed E-state index contributed by atoms with van der Waals surface area (Å²) in [5, 5.41) is 0. The molecular weight excluding hydrogens is 352 g/mol. The van der Waals surface area contributed by atoms with Crippen LogP contribution >= 0.6 is 0 Å². The summed E-state index contributed by atoms with van der Waals surface area (Å²) in [6.07, 6.45) is 1.21. The van der Waals surface area contributed by atoms with E-state index in [0.717, 1.165) is 46.7 Å². The molecule has 1 amide bonds. The number of aromatic nitrogens is 1. The highest BCUT2D eigenvalue weighted by Crippen LogP contribution is 2.30.